The second-order valence-corrected chi connectivity index (χ2v) is 7.20. The van der Waals surface area contributed by atoms with Gasteiger partial charge in [0, 0.05) is 36.5 Å². The smallest absolute Gasteiger partial charge is 0.269 e. The molecule has 2 heterocycles. The molecular weight excluding hydrogens is 412 g/mol. The number of nitro benzene ring substituents is 1. The minimum absolute atomic E-state index is 0.0882. The van der Waals surface area contributed by atoms with Crippen LogP contribution in [0.25, 0.3) is 0 Å². The van der Waals surface area contributed by atoms with E-state index in [1.54, 1.807) is 0 Å². The minimum Gasteiger partial charge on any atom is -0.341 e. The van der Waals surface area contributed by atoms with Crippen molar-refractivity contribution in [1.82, 2.24) is 20.4 Å². The molecule has 1 aliphatic heterocycles. The number of amides is 1. The molecule has 0 aliphatic carbocycles. The molecule has 4 rings (SSSR count). The molecule has 1 fully saturated rings. The highest BCUT2D eigenvalue weighted by molar-refractivity contribution is 5.94. The van der Waals surface area contributed by atoms with Crippen molar-refractivity contribution in [3.8, 4) is 0 Å². The number of anilines is 4. The van der Waals surface area contributed by atoms with E-state index in [9.17, 15) is 14.9 Å². The molecule has 0 spiro atoms. The van der Waals surface area contributed by atoms with Gasteiger partial charge in [0.2, 0.25) is 17.8 Å². The molecule has 0 bridgehead atoms. The molecule has 1 aliphatic rings. The third-order valence-electron chi connectivity index (χ3n) is 4.92. The van der Waals surface area contributed by atoms with E-state index >= 15 is 0 Å². The van der Waals surface area contributed by atoms with E-state index in [0.717, 1.165) is 31.6 Å². The zero-order chi connectivity index (χ0) is 22.3. The predicted octanol–water partition coefficient (Wildman–Crippen LogP) is 3.27. The van der Waals surface area contributed by atoms with Gasteiger partial charge < -0.3 is 10.2 Å². The van der Waals surface area contributed by atoms with Crippen molar-refractivity contribution < 1.29 is 9.72 Å². The first-order valence-electron chi connectivity index (χ1n) is 10.2. The number of piperidine rings is 1. The summed E-state index contributed by atoms with van der Waals surface area (Å²) in [5.74, 6) is 0.566. The van der Waals surface area contributed by atoms with Crippen LogP contribution in [0.1, 0.15) is 29.6 Å². The molecule has 1 aromatic heterocycles. The first-order valence-corrected chi connectivity index (χ1v) is 10.2. The van der Waals surface area contributed by atoms with Crippen LogP contribution in [0.4, 0.5) is 29.2 Å². The fourth-order valence-corrected chi connectivity index (χ4v) is 3.28. The molecule has 0 saturated carbocycles. The van der Waals surface area contributed by atoms with E-state index in [-0.39, 0.29) is 17.2 Å². The second kappa shape index (κ2) is 9.69. The number of carbonyl (C=O) groups is 1. The molecule has 0 radical (unpaired) electrons. The largest absolute Gasteiger partial charge is 0.341 e. The summed E-state index contributed by atoms with van der Waals surface area (Å²) in [4.78, 5) is 38.1. The number of non-ortho nitro benzene ring substituents is 1. The predicted molar refractivity (Wildman–Crippen MR) is 120 cm³/mol. The molecule has 1 saturated heterocycles. The fourth-order valence-electron chi connectivity index (χ4n) is 3.28. The Morgan fingerprint density at radius 1 is 0.906 bits per heavy atom. The Balaban J connectivity index is 1.51. The van der Waals surface area contributed by atoms with Gasteiger partial charge in [0.1, 0.15) is 0 Å². The Labute approximate surface area is 184 Å². The lowest BCUT2D eigenvalue weighted by atomic mass is 10.1. The van der Waals surface area contributed by atoms with Crippen molar-refractivity contribution in [2.24, 2.45) is 0 Å². The highest BCUT2D eigenvalue weighted by Crippen LogP contribution is 2.20. The van der Waals surface area contributed by atoms with Gasteiger partial charge in [0.25, 0.3) is 11.6 Å². The third-order valence-corrected chi connectivity index (χ3v) is 4.92. The maximum absolute atomic E-state index is 12.4. The first-order chi connectivity index (χ1) is 15.6. The van der Waals surface area contributed by atoms with Gasteiger partial charge in [-0.3, -0.25) is 25.8 Å². The second-order valence-electron chi connectivity index (χ2n) is 7.20. The number of aromatic nitrogens is 3. The normalized spacial score (nSPS) is 13.3. The van der Waals surface area contributed by atoms with Crippen molar-refractivity contribution in [1.29, 1.82) is 0 Å². The lowest BCUT2D eigenvalue weighted by Crippen LogP contribution is -2.33. The minimum atomic E-state index is -0.520. The molecule has 1 amide bonds. The summed E-state index contributed by atoms with van der Waals surface area (Å²) in [5, 5.41) is 13.9. The fraction of sp³-hybridized carbons (Fsp3) is 0.238. The van der Waals surface area contributed by atoms with Crippen LogP contribution in [0.5, 0.6) is 0 Å². The van der Waals surface area contributed by atoms with Gasteiger partial charge in [0.15, 0.2) is 0 Å². The van der Waals surface area contributed by atoms with Crippen molar-refractivity contribution >= 4 is 35.1 Å². The number of hydrogen-bond acceptors (Lipinski definition) is 9. The number of carbonyl (C=O) groups excluding carboxylic acids is 1. The molecule has 0 atom stereocenters. The van der Waals surface area contributed by atoms with Crippen LogP contribution < -0.4 is 21.1 Å². The average molecular weight is 434 g/mol. The van der Waals surface area contributed by atoms with Gasteiger partial charge in [-0.05, 0) is 43.5 Å². The van der Waals surface area contributed by atoms with Gasteiger partial charge in [-0.15, -0.1) is 0 Å². The quantitative estimate of drug-likeness (QED) is 0.378. The van der Waals surface area contributed by atoms with Crippen molar-refractivity contribution in [2.45, 2.75) is 19.3 Å². The lowest BCUT2D eigenvalue weighted by molar-refractivity contribution is -0.384. The zero-order valence-electron chi connectivity index (χ0n) is 17.2. The maximum atomic E-state index is 12.4. The van der Waals surface area contributed by atoms with Crippen LogP contribution in [-0.4, -0.2) is 38.9 Å². The number of para-hydroxylation sites is 1. The Hall–Kier alpha value is -4.28. The zero-order valence-corrected chi connectivity index (χ0v) is 17.2. The number of hydrazine groups is 1. The van der Waals surface area contributed by atoms with E-state index < -0.39 is 10.8 Å². The molecule has 11 heteroatoms. The molecule has 2 aromatic carbocycles. The Bertz CT molecular complexity index is 1090. The van der Waals surface area contributed by atoms with Crippen molar-refractivity contribution in [3.05, 3.63) is 70.3 Å². The van der Waals surface area contributed by atoms with Crippen LogP contribution in [0.2, 0.25) is 0 Å². The molecule has 3 N–H and O–H groups in total. The summed E-state index contributed by atoms with van der Waals surface area (Å²) in [7, 11) is 0. The Kier molecular flexibility index (Phi) is 6.35. The highest BCUT2D eigenvalue weighted by atomic mass is 16.6. The highest BCUT2D eigenvalue weighted by Gasteiger charge is 2.17. The summed E-state index contributed by atoms with van der Waals surface area (Å²) in [6.45, 7) is 1.70. The number of rotatable bonds is 7. The number of hydrogen-bond donors (Lipinski definition) is 3. The van der Waals surface area contributed by atoms with Crippen molar-refractivity contribution in [2.75, 3.05) is 28.7 Å². The number of nitrogens with one attached hydrogen (secondary N) is 3. The van der Waals surface area contributed by atoms with Crippen LogP contribution >= 0.6 is 0 Å². The maximum Gasteiger partial charge on any atom is 0.269 e. The van der Waals surface area contributed by atoms with Gasteiger partial charge in [0.05, 0.1) is 4.92 Å². The topological polar surface area (TPSA) is 138 Å². The molecule has 0 unspecified atom stereocenters. The van der Waals surface area contributed by atoms with Gasteiger partial charge >= 0.3 is 0 Å². The van der Waals surface area contributed by atoms with Crippen LogP contribution in [0, 0.1) is 10.1 Å². The van der Waals surface area contributed by atoms with Gasteiger partial charge in [-0.25, -0.2) is 0 Å². The van der Waals surface area contributed by atoms with E-state index in [4.69, 9.17) is 0 Å². The van der Waals surface area contributed by atoms with E-state index in [2.05, 4.69) is 36.0 Å². The average Bonchev–Trinajstić information content (AvgIpc) is 2.83. The van der Waals surface area contributed by atoms with Crippen LogP contribution in [0.3, 0.4) is 0 Å². The van der Waals surface area contributed by atoms with E-state index in [1.165, 1.54) is 30.7 Å². The van der Waals surface area contributed by atoms with E-state index in [0.29, 0.717) is 11.9 Å². The van der Waals surface area contributed by atoms with Gasteiger partial charge in [-0.2, -0.15) is 15.0 Å². The third kappa shape index (κ3) is 5.25. The Morgan fingerprint density at radius 2 is 1.59 bits per heavy atom. The molecule has 3 aromatic rings. The summed E-state index contributed by atoms with van der Waals surface area (Å²) in [6, 6.07) is 14.8. The summed E-state index contributed by atoms with van der Waals surface area (Å²) >= 11 is 0. The van der Waals surface area contributed by atoms with Crippen LogP contribution in [-0.2, 0) is 0 Å². The standard InChI is InChI=1S/C21H22N8O3/c30-18(15-9-11-17(12-10-15)29(31)32)26-27-20-23-19(22-16-7-3-1-4-8-16)24-21(25-20)28-13-5-2-6-14-28/h1,3-4,7-12H,2,5-6,13-14H2,(H,26,30)(H2,22,23,24,25,27). The number of benzene rings is 2. The molecule has 164 valence electrons. The monoisotopic (exact) mass is 434 g/mol. The molecule has 11 nitrogen and oxygen atoms in total. The Morgan fingerprint density at radius 3 is 2.28 bits per heavy atom. The number of nitro groups is 1. The van der Waals surface area contributed by atoms with Gasteiger partial charge in [-0.1, -0.05) is 18.2 Å². The summed E-state index contributed by atoms with van der Waals surface area (Å²) in [6.07, 6.45) is 3.30. The first kappa shape index (κ1) is 21.0. The van der Waals surface area contributed by atoms with Crippen molar-refractivity contribution in [3.63, 3.8) is 0 Å². The lowest BCUT2D eigenvalue weighted by Gasteiger charge is -2.27. The molecular formula is C21H22N8O3. The molecule has 32 heavy (non-hydrogen) atoms. The number of nitrogens with zero attached hydrogens (tertiary/aromatic N) is 5. The SMILES string of the molecule is O=C(NNc1nc(Nc2ccccc2)nc(N2CCCCC2)n1)c1ccc([N+](=O)[O-])cc1. The van der Waals surface area contributed by atoms with Crippen LogP contribution in [0.15, 0.2) is 54.6 Å². The summed E-state index contributed by atoms with van der Waals surface area (Å²) in [5.41, 5.74) is 6.25. The summed E-state index contributed by atoms with van der Waals surface area (Å²) < 4.78 is 0. The van der Waals surface area contributed by atoms with E-state index in [1.807, 2.05) is 30.3 Å².